The fourth-order valence-corrected chi connectivity index (χ4v) is 5.38. The average Bonchev–Trinajstić information content (AvgIpc) is 2.48. The van der Waals surface area contributed by atoms with Crippen LogP contribution < -0.4 is 0 Å². The Morgan fingerprint density at radius 1 is 0.870 bits per heavy atom. The Kier molecular flexibility index (Phi) is 6.32. The van der Waals surface area contributed by atoms with Crippen LogP contribution in [0.25, 0.3) is 0 Å². The van der Waals surface area contributed by atoms with Crippen molar-refractivity contribution in [3.05, 3.63) is 70.8 Å². The molecule has 4 heteroatoms. The molecule has 0 aliphatic carbocycles. The third-order valence-electron chi connectivity index (χ3n) is 3.82. The number of benzene rings is 2. The summed E-state index contributed by atoms with van der Waals surface area (Å²) in [7, 11) is -3.41. The third-order valence-corrected chi connectivity index (χ3v) is 6.62. The molecule has 0 spiro atoms. The summed E-state index contributed by atoms with van der Waals surface area (Å²) >= 11 is 0. The normalized spacial score (nSPS) is 12.6. The predicted molar refractivity (Wildman–Crippen MR) is 98.0 cm³/mol. The third kappa shape index (κ3) is 4.39. The molecule has 0 bridgehead atoms. The summed E-state index contributed by atoms with van der Waals surface area (Å²) in [6, 6.07) is 16.4. The summed E-state index contributed by atoms with van der Waals surface area (Å²) < 4.78 is 11.6. The fraction of sp³-hybridized carbons (Fsp3) is 0.368. The molecule has 2 aromatic carbocycles. The quantitative estimate of drug-likeness (QED) is 0.728. The zero-order valence-corrected chi connectivity index (χ0v) is 15.4. The SMILES string of the molecule is CCO[PH](O)(OCC)C(c1cccc(C)c1)c1cccc(C)c1. The van der Waals surface area contributed by atoms with Crippen LogP contribution in [0, 0.1) is 13.8 Å². The number of hydrogen-bond donors (Lipinski definition) is 1. The van der Waals surface area contributed by atoms with E-state index in [1.54, 1.807) is 0 Å². The first-order valence-corrected chi connectivity index (χ1v) is 9.97. The molecule has 0 fully saturated rings. The standard InChI is InChI=1S/C19H27O3P/c1-5-21-23(20,22-6-2)19(17-11-7-9-15(3)13-17)18-12-8-10-16(4)14-18/h7-14,19-20,23H,5-6H2,1-4H3. The summed E-state index contributed by atoms with van der Waals surface area (Å²) in [5.41, 5.74) is 4.11. The molecule has 2 aromatic rings. The van der Waals surface area contributed by atoms with Gasteiger partial charge in [0.1, 0.15) is 0 Å². The van der Waals surface area contributed by atoms with Gasteiger partial charge >= 0.3 is 139 Å². The first-order valence-electron chi connectivity index (χ1n) is 8.13. The Balaban J connectivity index is 2.58. The molecule has 0 amide bonds. The van der Waals surface area contributed by atoms with Gasteiger partial charge in [0, 0.05) is 0 Å². The summed E-state index contributed by atoms with van der Waals surface area (Å²) in [6.07, 6.45) is 0. The minimum atomic E-state index is -3.41. The van der Waals surface area contributed by atoms with E-state index in [4.69, 9.17) is 9.05 Å². The van der Waals surface area contributed by atoms with E-state index in [2.05, 4.69) is 38.1 Å². The van der Waals surface area contributed by atoms with Gasteiger partial charge in [-0.2, -0.15) is 0 Å². The summed E-state index contributed by atoms with van der Waals surface area (Å²) in [4.78, 5) is 11.3. The van der Waals surface area contributed by atoms with Gasteiger partial charge in [-0.25, -0.2) is 0 Å². The number of aryl methyl sites for hydroxylation is 2. The van der Waals surface area contributed by atoms with Gasteiger partial charge in [-0.3, -0.25) is 0 Å². The van der Waals surface area contributed by atoms with Gasteiger partial charge in [0.15, 0.2) is 0 Å². The molecule has 3 nitrogen and oxygen atoms in total. The van der Waals surface area contributed by atoms with Crippen molar-refractivity contribution in [2.75, 3.05) is 13.2 Å². The van der Waals surface area contributed by atoms with Crippen molar-refractivity contribution >= 4 is 7.94 Å². The molecule has 0 unspecified atom stereocenters. The van der Waals surface area contributed by atoms with Crippen LogP contribution in [0.5, 0.6) is 0 Å². The zero-order valence-electron chi connectivity index (χ0n) is 14.4. The Morgan fingerprint density at radius 2 is 1.30 bits per heavy atom. The second-order valence-electron chi connectivity index (χ2n) is 5.76. The molecule has 0 aromatic heterocycles. The molecular formula is C19H27O3P. The van der Waals surface area contributed by atoms with Crippen LogP contribution in [0.2, 0.25) is 0 Å². The molecule has 0 atom stereocenters. The van der Waals surface area contributed by atoms with E-state index in [1.807, 2.05) is 38.1 Å². The molecule has 0 radical (unpaired) electrons. The summed E-state index contributed by atoms with van der Waals surface area (Å²) in [5, 5.41) is 0. The van der Waals surface area contributed by atoms with E-state index < -0.39 is 7.94 Å². The molecule has 23 heavy (non-hydrogen) atoms. The molecule has 0 aliphatic heterocycles. The van der Waals surface area contributed by atoms with Gasteiger partial charge in [-0.15, -0.1) is 0 Å². The van der Waals surface area contributed by atoms with E-state index in [0.717, 1.165) is 22.3 Å². The number of hydrogen-bond acceptors (Lipinski definition) is 3. The van der Waals surface area contributed by atoms with Crippen LogP contribution in [0.15, 0.2) is 48.5 Å². The van der Waals surface area contributed by atoms with Crippen LogP contribution in [0.4, 0.5) is 0 Å². The van der Waals surface area contributed by atoms with E-state index in [0.29, 0.717) is 13.2 Å². The molecule has 0 saturated carbocycles. The van der Waals surface area contributed by atoms with Gasteiger partial charge in [0.2, 0.25) is 0 Å². The van der Waals surface area contributed by atoms with Crippen molar-refractivity contribution < 1.29 is 13.9 Å². The maximum atomic E-state index is 11.3. The van der Waals surface area contributed by atoms with E-state index in [9.17, 15) is 4.89 Å². The van der Waals surface area contributed by atoms with Crippen molar-refractivity contribution in [3.63, 3.8) is 0 Å². The topological polar surface area (TPSA) is 38.7 Å². The second kappa shape index (κ2) is 8.03. The minimum absolute atomic E-state index is 0.276. The van der Waals surface area contributed by atoms with Crippen LogP contribution in [-0.2, 0) is 9.05 Å². The second-order valence-corrected chi connectivity index (χ2v) is 8.17. The van der Waals surface area contributed by atoms with Crippen LogP contribution >= 0.6 is 7.94 Å². The molecule has 2 rings (SSSR count). The zero-order chi connectivity index (χ0) is 16.9. The van der Waals surface area contributed by atoms with Crippen LogP contribution in [0.1, 0.15) is 41.8 Å². The maximum absolute atomic E-state index is 11.3. The Morgan fingerprint density at radius 3 is 1.65 bits per heavy atom. The van der Waals surface area contributed by atoms with Crippen LogP contribution in [0.3, 0.4) is 0 Å². The average molecular weight is 334 g/mol. The first kappa shape index (κ1) is 18.1. The van der Waals surface area contributed by atoms with Crippen molar-refractivity contribution in [2.45, 2.75) is 33.4 Å². The molecule has 126 valence electrons. The molecule has 0 saturated heterocycles. The first-order chi connectivity index (χ1) is 11.0. The fourth-order valence-electron chi connectivity index (χ4n) is 2.93. The van der Waals surface area contributed by atoms with Gasteiger partial charge in [-0.1, -0.05) is 0 Å². The van der Waals surface area contributed by atoms with Crippen molar-refractivity contribution in [2.24, 2.45) is 0 Å². The Bertz CT molecular complexity index is 591. The molecule has 0 aliphatic rings. The molecule has 1 N–H and O–H groups in total. The molecular weight excluding hydrogens is 307 g/mol. The monoisotopic (exact) mass is 334 g/mol. The Hall–Kier alpha value is -1.25. The van der Waals surface area contributed by atoms with E-state index >= 15 is 0 Å². The van der Waals surface area contributed by atoms with Gasteiger partial charge < -0.3 is 0 Å². The van der Waals surface area contributed by atoms with Gasteiger partial charge in [0.05, 0.1) is 0 Å². The molecule has 0 heterocycles. The number of rotatable bonds is 7. The summed E-state index contributed by atoms with van der Waals surface area (Å²) in [5.74, 6) is 0. The summed E-state index contributed by atoms with van der Waals surface area (Å²) in [6.45, 7) is 8.74. The van der Waals surface area contributed by atoms with Gasteiger partial charge in [-0.05, 0) is 0 Å². The predicted octanol–water partition coefficient (Wildman–Crippen LogP) is 4.95. The van der Waals surface area contributed by atoms with E-state index in [1.165, 1.54) is 0 Å². The van der Waals surface area contributed by atoms with Crippen molar-refractivity contribution in [1.29, 1.82) is 0 Å². The van der Waals surface area contributed by atoms with Gasteiger partial charge in [0.25, 0.3) is 0 Å². The van der Waals surface area contributed by atoms with Crippen LogP contribution in [-0.4, -0.2) is 18.1 Å². The van der Waals surface area contributed by atoms with Crippen molar-refractivity contribution in [1.82, 2.24) is 0 Å². The van der Waals surface area contributed by atoms with Crippen molar-refractivity contribution in [3.8, 4) is 0 Å². The van der Waals surface area contributed by atoms with E-state index in [-0.39, 0.29) is 5.66 Å². The Labute approximate surface area is 139 Å².